The second kappa shape index (κ2) is 7.53. The number of nitrogens with zero attached hydrogens (tertiary/aromatic N) is 8. The van der Waals surface area contributed by atoms with Crippen LogP contribution in [-0.2, 0) is 26.7 Å². The summed E-state index contributed by atoms with van der Waals surface area (Å²) < 4.78 is 29.3. The van der Waals surface area contributed by atoms with Gasteiger partial charge in [-0.05, 0) is 48.4 Å². The van der Waals surface area contributed by atoms with Crippen LogP contribution in [0.2, 0.25) is 0 Å². The summed E-state index contributed by atoms with van der Waals surface area (Å²) in [5.41, 5.74) is 2.97. The summed E-state index contributed by atoms with van der Waals surface area (Å²) in [5.74, 6) is -0.00573. The van der Waals surface area contributed by atoms with E-state index in [4.69, 9.17) is 0 Å². The van der Waals surface area contributed by atoms with E-state index in [1.54, 1.807) is 18.1 Å². The topological polar surface area (TPSA) is 77.5 Å². The Morgan fingerprint density at radius 1 is 1.03 bits per heavy atom. The van der Waals surface area contributed by atoms with E-state index in [0.717, 1.165) is 35.2 Å². The van der Waals surface area contributed by atoms with Gasteiger partial charge in [0.05, 0.1) is 7.05 Å². The molecule has 3 aromatic heterocycles. The van der Waals surface area contributed by atoms with Gasteiger partial charge in [-0.3, -0.25) is 0 Å². The molecule has 0 fully saturated rings. The van der Waals surface area contributed by atoms with E-state index in [2.05, 4.69) is 25.4 Å². The third kappa shape index (κ3) is 3.91. The van der Waals surface area contributed by atoms with Gasteiger partial charge in [0.1, 0.15) is 23.0 Å². The fourth-order valence-corrected chi connectivity index (χ4v) is 3.37. The zero-order valence-corrected chi connectivity index (χ0v) is 16.3. The Hall–Kier alpha value is -3.43. The Bertz CT molecular complexity index is 1150. The summed E-state index contributed by atoms with van der Waals surface area (Å²) in [6.45, 7) is 5.36. The molecule has 0 unspecified atom stereocenters. The first-order valence-electron chi connectivity index (χ1n) is 9.18. The molecule has 29 heavy (non-hydrogen) atoms. The van der Waals surface area contributed by atoms with Crippen LogP contribution in [0.5, 0.6) is 0 Å². The van der Waals surface area contributed by atoms with Crippen LogP contribution < -0.4 is 4.90 Å². The number of hydrogen-bond donors (Lipinski definition) is 0. The molecule has 0 bridgehead atoms. The Balaban J connectivity index is 1.67. The van der Waals surface area contributed by atoms with Crippen LogP contribution in [0.25, 0.3) is 11.2 Å². The monoisotopic (exact) mass is 398 g/mol. The van der Waals surface area contributed by atoms with Crippen molar-refractivity contribution in [3.63, 3.8) is 0 Å². The predicted octanol–water partition coefficient (Wildman–Crippen LogP) is 2.77. The molecular weight excluding hydrogens is 378 g/mol. The molecule has 0 spiro atoms. The standard InChI is InChI=1S/C19H20F2N8/c1-4-29-12(2)23-17-7-14(9-22-18(17)29)11-28(19-24-26-27(3)25-19)10-13-5-15(20)8-16(21)6-13/h5-9H,4,10-11H2,1-3H3. The highest BCUT2D eigenvalue weighted by Crippen LogP contribution is 2.20. The van der Waals surface area contributed by atoms with Crippen LogP contribution in [0.4, 0.5) is 14.7 Å². The normalized spacial score (nSPS) is 11.3. The summed E-state index contributed by atoms with van der Waals surface area (Å²) in [4.78, 5) is 12.2. The Kier molecular flexibility index (Phi) is 4.91. The van der Waals surface area contributed by atoms with E-state index in [1.807, 2.05) is 24.5 Å². The highest BCUT2D eigenvalue weighted by Gasteiger charge is 2.16. The molecule has 0 aliphatic heterocycles. The van der Waals surface area contributed by atoms with E-state index in [9.17, 15) is 8.78 Å². The smallest absolute Gasteiger partial charge is 0.266 e. The molecular formula is C19H20F2N8. The van der Waals surface area contributed by atoms with E-state index in [1.165, 1.54) is 16.9 Å². The molecule has 1 aromatic carbocycles. The number of halogens is 2. The SMILES string of the molecule is CCn1c(C)nc2cc(CN(Cc3cc(F)cc(F)c3)c3nnn(C)n3)cnc21. The van der Waals surface area contributed by atoms with Crippen molar-refractivity contribution in [1.29, 1.82) is 0 Å². The average molecular weight is 398 g/mol. The van der Waals surface area contributed by atoms with Crippen LogP contribution in [0, 0.1) is 18.6 Å². The number of hydrogen-bond acceptors (Lipinski definition) is 6. The zero-order chi connectivity index (χ0) is 20.5. The van der Waals surface area contributed by atoms with Crippen LogP contribution in [-0.4, -0.2) is 34.7 Å². The summed E-state index contributed by atoms with van der Waals surface area (Å²) in [5, 5.41) is 12.1. The predicted molar refractivity (Wildman–Crippen MR) is 103 cm³/mol. The second-order valence-corrected chi connectivity index (χ2v) is 6.80. The van der Waals surface area contributed by atoms with Gasteiger partial charge in [-0.1, -0.05) is 5.10 Å². The maximum Gasteiger partial charge on any atom is 0.266 e. The molecule has 0 N–H and O–H groups in total. The molecule has 0 amide bonds. The summed E-state index contributed by atoms with van der Waals surface area (Å²) in [7, 11) is 1.66. The van der Waals surface area contributed by atoms with Gasteiger partial charge in [0, 0.05) is 31.9 Å². The van der Waals surface area contributed by atoms with E-state index >= 15 is 0 Å². The van der Waals surface area contributed by atoms with Crippen LogP contribution >= 0.6 is 0 Å². The van der Waals surface area contributed by atoms with Gasteiger partial charge in [0.25, 0.3) is 5.95 Å². The molecule has 0 aliphatic carbocycles. The Labute approximate surface area is 165 Å². The summed E-state index contributed by atoms with van der Waals surface area (Å²) >= 11 is 0. The Morgan fingerprint density at radius 2 is 1.76 bits per heavy atom. The Morgan fingerprint density at radius 3 is 2.41 bits per heavy atom. The highest BCUT2D eigenvalue weighted by atomic mass is 19.1. The lowest BCUT2D eigenvalue weighted by Gasteiger charge is -2.20. The lowest BCUT2D eigenvalue weighted by atomic mass is 10.2. The molecule has 8 nitrogen and oxygen atoms in total. The largest absolute Gasteiger partial charge is 0.329 e. The van der Waals surface area contributed by atoms with Gasteiger partial charge in [-0.2, -0.15) is 4.80 Å². The lowest BCUT2D eigenvalue weighted by Crippen LogP contribution is -2.24. The molecule has 0 radical (unpaired) electrons. The number of tetrazole rings is 1. The number of fused-ring (bicyclic) bond motifs is 1. The first kappa shape index (κ1) is 18.9. The molecule has 4 aromatic rings. The third-order valence-electron chi connectivity index (χ3n) is 4.60. The summed E-state index contributed by atoms with van der Waals surface area (Å²) in [6.07, 6.45) is 1.77. The summed E-state index contributed by atoms with van der Waals surface area (Å²) in [6, 6.07) is 5.38. The number of rotatable bonds is 6. The quantitative estimate of drug-likeness (QED) is 0.497. The van der Waals surface area contributed by atoms with Gasteiger partial charge >= 0.3 is 0 Å². The lowest BCUT2D eigenvalue weighted by molar-refractivity contribution is 0.578. The molecule has 0 atom stereocenters. The van der Waals surface area contributed by atoms with Crippen LogP contribution in [0.15, 0.2) is 30.5 Å². The number of anilines is 1. The first-order chi connectivity index (χ1) is 13.9. The fraction of sp³-hybridized carbons (Fsp3) is 0.316. The molecule has 0 aliphatic rings. The molecule has 0 saturated carbocycles. The first-order valence-corrected chi connectivity index (χ1v) is 9.18. The van der Waals surface area contributed by atoms with Crippen molar-refractivity contribution in [2.45, 2.75) is 33.5 Å². The van der Waals surface area contributed by atoms with Crippen molar-refractivity contribution in [3.8, 4) is 0 Å². The van der Waals surface area contributed by atoms with Crippen molar-refractivity contribution in [3.05, 3.63) is 59.0 Å². The van der Waals surface area contributed by atoms with Gasteiger partial charge < -0.3 is 9.47 Å². The van der Waals surface area contributed by atoms with Crippen molar-refractivity contribution < 1.29 is 8.78 Å². The van der Waals surface area contributed by atoms with Gasteiger partial charge in [-0.25, -0.2) is 18.7 Å². The molecule has 3 heterocycles. The van der Waals surface area contributed by atoms with Crippen LogP contribution in [0.3, 0.4) is 0 Å². The minimum Gasteiger partial charge on any atom is -0.329 e. The zero-order valence-electron chi connectivity index (χ0n) is 16.3. The minimum atomic E-state index is -0.629. The number of pyridine rings is 1. The average Bonchev–Trinajstić information content (AvgIpc) is 3.22. The number of aryl methyl sites for hydroxylation is 3. The molecule has 150 valence electrons. The van der Waals surface area contributed by atoms with Gasteiger partial charge in [0.15, 0.2) is 5.65 Å². The maximum absolute atomic E-state index is 13.6. The fourth-order valence-electron chi connectivity index (χ4n) is 3.37. The number of imidazole rings is 1. The maximum atomic E-state index is 13.6. The third-order valence-corrected chi connectivity index (χ3v) is 4.60. The molecule has 4 rings (SSSR count). The van der Waals surface area contributed by atoms with Crippen molar-refractivity contribution in [1.82, 2.24) is 34.7 Å². The van der Waals surface area contributed by atoms with Crippen molar-refractivity contribution in [2.24, 2.45) is 7.05 Å². The van der Waals surface area contributed by atoms with Crippen molar-refractivity contribution in [2.75, 3.05) is 4.90 Å². The molecule has 10 heteroatoms. The molecule has 0 saturated heterocycles. The van der Waals surface area contributed by atoms with Crippen LogP contribution in [0.1, 0.15) is 23.9 Å². The van der Waals surface area contributed by atoms with E-state index in [0.29, 0.717) is 18.1 Å². The van der Waals surface area contributed by atoms with E-state index < -0.39 is 11.6 Å². The second-order valence-electron chi connectivity index (χ2n) is 6.80. The van der Waals surface area contributed by atoms with Gasteiger partial charge in [0.2, 0.25) is 0 Å². The minimum absolute atomic E-state index is 0.209. The van der Waals surface area contributed by atoms with Gasteiger partial charge in [-0.15, -0.1) is 5.10 Å². The number of benzene rings is 1. The number of aromatic nitrogens is 7. The van der Waals surface area contributed by atoms with Crippen molar-refractivity contribution >= 4 is 17.1 Å². The highest BCUT2D eigenvalue weighted by molar-refractivity contribution is 5.72. The van der Waals surface area contributed by atoms with E-state index in [-0.39, 0.29) is 6.54 Å².